The van der Waals surface area contributed by atoms with Crippen molar-refractivity contribution in [2.75, 3.05) is 13.6 Å². The summed E-state index contributed by atoms with van der Waals surface area (Å²) in [4.78, 5) is 25.9. The number of aromatic nitrogens is 1. The first-order valence-corrected chi connectivity index (χ1v) is 7.02. The minimum Gasteiger partial charge on any atom is -0.350 e. The Kier molecular flexibility index (Phi) is 3.66. The van der Waals surface area contributed by atoms with E-state index in [9.17, 15) is 14.0 Å². The van der Waals surface area contributed by atoms with Gasteiger partial charge in [-0.3, -0.25) is 9.59 Å². The van der Waals surface area contributed by atoms with Crippen LogP contribution < -0.4 is 5.32 Å². The van der Waals surface area contributed by atoms with Gasteiger partial charge in [-0.15, -0.1) is 0 Å². The summed E-state index contributed by atoms with van der Waals surface area (Å²) in [7, 11) is 1.73. The second kappa shape index (κ2) is 5.63. The molecule has 0 saturated carbocycles. The molecule has 2 heterocycles. The van der Waals surface area contributed by atoms with Crippen LogP contribution in [0.25, 0.3) is 0 Å². The van der Waals surface area contributed by atoms with Gasteiger partial charge in [0, 0.05) is 31.9 Å². The molecule has 2 amide bonds. The van der Waals surface area contributed by atoms with E-state index in [4.69, 9.17) is 0 Å². The number of hydrogen-bond donors (Lipinski definition) is 1. The number of fused-ring (bicyclic) bond motifs is 1. The molecule has 22 heavy (non-hydrogen) atoms. The van der Waals surface area contributed by atoms with Gasteiger partial charge in [0.25, 0.3) is 11.8 Å². The van der Waals surface area contributed by atoms with Crippen LogP contribution in [0.15, 0.2) is 42.6 Å². The largest absolute Gasteiger partial charge is 0.350 e. The Hall–Kier alpha value is -2.63. The number of benzene rings is 1. The molecule has 0 bridgehead atoms. The van der Waals surface area contributed by atoms with Gasteiger partial charge in [0.2, 0.25) is 0 Å². The second-order valence-corrected chi connectivity index (χ2v) is 5.33. The number of carbonyl (C=O) groups excluding carboxylic acids is 2. The standard InChI is InChI=1S/C16H16FN3O2/c1-19-13(10-20-8-2-3-14(20)16(19)22)9-18-15(21)11-4-6-12(17)7-5-11/h2-8,13H,9-10H2,1H3,(H,18,21). The Morgan fingerprint density at radius 1 is 1.32 bits per heavy atom. The van der Waals surface area contributed by atoms with E-state index in [1.54, 1.807) is 18.0 Å². The summed E-state index contributed by atoms with van der Waals surface area (Å²) in [5.41, 5.74) is 1.05. The van der Waals surface area contributed by atoms with Crippen molar-refractivity contribution in [3.8, 4) is 0 Å². The molecule has 0 fully saturated rings. The summed E-state index contributed by atoms with van der Waals surface area (Å²) >= 11 is 0. The summed E-state index contributed by atoms with van der Waals surface area (Å²) in [6.07, 6.45) is 1.86. The normalized spacial score (nSPS) is 17.3. The third-order valence-electron chi connectivity index (χ3n) is 3.93. The minimum atomic E-state index is -0.380. The van der Waals surface area contributed by atoms with E-state index >= 15 is 0 Å². The molecule has 0 spiro atoms. The van der Waals surface area contributed by atoms with Crippen molar-refractivity contribution in [2.45, 2.75) is 12.6 Å². The number of nitrogens with zero attached hydrogens (tertiary/aromatic N) is 2. The first-order chi connectivity index (χ1) is 10.6. The molecule has 1 aliphatic heterocycles. The SMILES string of the molecule is CN1C(=O)c2cccn2CC1CNC(=O)c1ccc(F)cc1. The van der Waals surface area contributed by atoms with E-state index < -0.39 is 0 Å². The summed E-state index contributed by atoms with van der Waals surface area (Å²) in [6, 6.07) is 8.87. The molecule has 1 aromatic carbocycles. The third-order valence-corrected chi connectivity index (χ3v) is 3.93. The van der Waals surface area contributed by atoms with Crippen molar-refractivity contribution in [1.29, 1.82) is 0 Å². The molecule has 1 aromatic heterocycles. The molecule has 1 unspecified atom stereocenters. The highest BCUT2D eigenvalue weighted by Gasteiger charge is 2.29. The zero-order chi connectivity index (χ0) is 15.7. The molecule has 2 aromatic rings. The van der Waals surface area contributed by atoms with Crippen LogP contribution in [0.2, 0.25) is 0 Å². The number of hydrogen-bond acceptors (Lipinski definition) is 2. The summed E-state index contributed by atoms with van der Waals surface area (Å²) in [5.74, 6) is -0.717. The van der Waals surface area contributed by atoms with Crippen LogP contribution in [0.3, 0.4) is 0 Å². The number of amides is 2. The van der Waals surface area contributed by atoms with Crippen LogP contribution in [0.1, 0.15) is 20.8 Å². The van der Waals surface area contributed by atoms with E-state index in [2.05, 4.69) is 5.32 Å². The molecule has 1 N–H and O–H groups in total. The Morgan fingerprint density at radius 2 is 2.05 bits per heavy atom. The van der Waals surface area contributed by atoms with Crippen molar-refractivity contribution in [3.05, 3.63) is 59.7 Å². The Bertz CT molecular complexity index is 708. The fourth-order valence-corrected chi connectivity index (χ4v) is 2.58. The van der Waals surface area contributed by atoms with Crippen LogP contribution in [-0.4, -0.2) is 40.9 Å². The highest BCUT2D eigenvalue weighted by molar-refractivity contribution is 5.95. The van der Waals surface area contributed by atoms with Gasteiger partial charge >= 0.3 is 0 Å². The van der Waals surface area contributed by atoms with Crippen LogP contribution >= 0.6 is 0 Å². The van der Waals surface area contributed by atoms with E-state index in [0.29, 0.717) is 24.3 Å². The number of likely N-dealkylation sites (N-methyl/N-ethyl adjacent to an activating group) is 1. The maximum atomic E-state index is 12.9. The quantitative estimate of drug-likeness (QED) is 0.934. The lowest BCUT2D eigenvalue weighted by Gasteiger charge is -2.33. The monoisotopic (exact) mass is 301 g/mol. The molecule has 0 saturated heterocycles. The number of rotatable bonds is 3. The molecule has 1 atom stereocenters. The van der Waals surface area contributed by atoms with E-state index in [1.165, 1.54) is 24.3 Å². The number of halogens is 1. The highest BCUT2D eigenvalue weighted by Crippen LogP contribution is 2.16. The van der Waals surface area contributed by atoms with Gasteiger partial charge in [0.05, 0.1) is 6.04 Å². The van der Waals surface area contributed by atoms with Crippen molar-refractivity contribution >= 4 is 11.8 Å². The smallest absolute Gasteiger partial charge is 0.270 e. The second-order valence-electron chi connectivity index (χ2n) is 5.33. The maximum absolute atomic E-state index is 12.9. The molecule has 0 radical (unpaired) electrons. The molecule has 114 valence electrons. The molecule has 5 nitrogen and oxygen atoms in total. The summed E-state index contributed by atoms with van der Waals surface area (Å²) < 4.78 is 14.7. The average Bonchev–Trinajstić information content (AvgIpc) is 2.98. The first-order valence-electron chi connectivity index (χ1n) is 7.02. The molecule has 6 heteroatoms. The lowest BCUT2D eigenvalue weighted by atomic mass is 10.1. The lowest BCUT2D eigenvalue weighted by Crippen LogP contribution is -2.50. The van der Waals surface area contributed by atoms with Crippen LogP contribution in [0.4, 0.5) is 4.39 Å². The van der Waals surface area contributed by atoms with Gasteiger partial charge in [-0.2, -0.15) is 0 Å². The van der Waals surface area contributed by atoms with Crippen LogP contribution in [-0.2, 0) is 6.54 Å². The predicted octanol–water partition coefficient (Wildman–Crippen LogP) is 1.51. The zero-order valence-electron chi connectivity index (χ0n) is 12.1. The van der Waals surface area contributed by atoms with E-state index in [1.807, 2.05) is 16.8 Å². The topological polar surface area (TPSA) is 54.3 Å². The summed E-state index contributed by atoms with van der Waals surface area (Å²) in [5, 5.41) is 2.79. The number of nitrogens with one attached hydrogen (secondary N) is 1. The highest BCUT2D eigenvalue weighted by atomic mass is 19.1. The van der Waals surface area contributed by atoms with Gasteiger partial charge in [-0.05, 0) is 36.4 Å². The molecular weight excluding hydrogens is 285 g/mol. The van der Waals surface area contributed by atoms with Gasteiger partial charge in [-0.25, -0.2) is 4.39 Å². The predicted molar refractivity (Wildman–Crippen MR) is 79.0 cm³/mol. The minimum absolute atomic E-state index is 0.0581. The molecule has 1 aliphatic rings. The fraction of sp³-hybridized carbons (Fsp3) is 0.250. The first kappa shape index (κ1) is 14.3. The van der Waals surface area contributed by atoms with Gasteiger partial charge < -0.3 is 14.8 Å². The van der Waals surface area contributed by atoms with E-state index in [0.717, 1.165) is 0 Å². The average molecular weight is 301 g/mol. The van der Waals surface area contributed by atoms with Crippen molar-refractivity contribution in [2.24, 2.45) is 0 Å². The Morgan fingerprint density at radius 3 is 2.77 bits per heavy atom. The molecule has 3 rings (SSSR count). The van der Waals surface area contributed by atoms with Crippen LogP contribution in [0, 0.1) is 5.82 Å². The van der Waals surface area contributed by atoms with Crippen molar-refractivity contribution in [1.82, 2.24) is 14.8 Å². The van der Waals surface area contributed by atoms with Crippen LogP contribution in [0.5, 0.6) is 0 Å². The molecular formula is C16H16FN3O2. The number of carbonyl (C=O) groups is 2. The van der Waals surface area contributed by atoms with Gasteiger partial charge in [-0.1, -0.05) is 0 Å². The van der Waals surface area contributed by atoms with Crippen molar-refractivity contribution < 1.29 is 14.0 Å². The lowest BCUT2D eigenvalue weighted by molar-refractivity contribution is 0.0645. The Labute approximate surface area is 127 Å². The fourth-order valence-electron chi connectivity index (χ4n) is 2.58. The van der Waals surface area contributed by atoms with Crippen molar-refractivity contribution in [3.63, 3.8) is 0 Å². The van der Waals surface area contributed by atoms with Gasteiger partial charge in [0.1, 0.15) is 11.5 Å². The Balaban J connectivity index is 1.65. The third kappa shape index (κ3) is 2.59. The van der Waals surface area contributed by atoms with Gasteiger partial charge in [0.15, 0.2) is 0 Å². The van der Waals surface area contributed by atoms with E-state index in [-0.39, 0.29) is 23.7 Å². The zero-order valence-corrected chi connectivity index (χ0v) is 12.1. The summed E-state index contributed by atoms with van der Waals surface area (Å²) in [6.45, 7) is 0.977. The maximum Gasteiger partial charge on any atom is 0.270 e. The molecule has 0 aliphatic carbocycles.